The second-order valence-corrected chi connectivity index (χ2v) is 5.10. The molecule has 1 unspecified atom stereocenters. The first-order valence-corrected chi connectivity index (χ1v) is 6.94. The van der Waals surface area contributed by atoms with Crippen LogP contribution in [-0.4, -0.2) is 37.7 Å². The van der Waals surface area contributed by atoms with Crippen molar-refractivity contribution < 1.29 is 9.47 Å². The molecule has 1 rings (SSSR count). The van der Waals surface area contributed by atoms with E-state index in [1.807, 2.05) is 58.0 Å². The molecule has 1 atom stereocenters. The summed E-state index contributed by atoms with van der Waals surface area (Å²) in [4.78, 5) is 1.93. The predicted molar refractivity (Wildman–Crippen MR) is 80.2 cm³/mol. The third-order valence-electron chi connectivity index (χ3n) is 3.38. The van der Waals surface area contributed by atoms with Crippen molar-refractivity contribution in [1.29, 1.82) is 5.26 Å². The highest BCUT2D eigenvalue weighted by molar-refractivity contribution is 5.43. The molecular weight excluding hydrogens is 252 g/mol. The van der Waals surface area contributed by atoms with Crippen LogP contribution >= 0.6 is 0 Å². The van der Waals surface area contributed by atoms with Crippen LogP contribution in [0.3, 0.4) is 0 Å². The summed E-state index contributed by atoms with van der Waals surface area (Å²) in [5, 5.41) is 9.38. The summed E-state index contributed by atoms with van der Waals surface area (Å²) < 4.78 is 11.2. The van der Waals surface area contributed by atoms with E-state index in [1.54, 1.807) is 0 Å². The minimum Gasteiger partial charge on any atom is -0.490 e. The van der Waals surface area contributed by atoms with Gasteiger partial charge in [0.15, 0.2) is 11.5 Å². The molecule has 0 aromatic heterocycles. The summed E-state index contributed by atoms with van der Waals surface area (Å²) in [5.41, 5.74) is 0.533. The molecule has 4 nitrogen and oxygen atoms in total. The zero-order valence-corrected chi connectivity index (χ0v) is 13.1. The van der Waals surface area contributed by atoms with Crippen molar-refractivity contribution in [3.05, 3.63) is 23.8 Å². The van der Waals surface area contributed by atoms with Crippen LogP contribution in [0.4, 0.5) is 0 Å². The SMILES string of the molecule is CCOc1ccc(CC(C)(C#N)N(C)C)cc1OCC. The Morgan fingerprint density at radius 2 is 1.75 bits per heavy atom. The van der Waals surface area contributed by atoms with Crippen LogP contribution in [0.15, 0.2) is 18.2 Å². The third kappa shape index (κ3) is 3.88. The second kappa shape index (κ2) is 7.16. The standard InChI is InChI=1S/C16H24N2O2/c1-6-19-14-9-8-13(10-15(14)20-7-2)11-16(3,12-17)18(4)5/h8-10H,6-7,11H2,1-5H3. The molecule has 0 aliphatic carbocycles. The van der Waals surface area contributed by atoms with Crippen LogP contribution in [-0.2, 0) is 6.42 Å². The first-order chi connectivity index (χ1) is 9.46. The quantitative estimate of drug-likeness (QED) is 0.768. The fourth-order valence-corrected chi connectivity index (χ4v) is 1.90. The van der Waals surface area contributed by atoms with Crippen molar-refractivity contribution in [3.8, 4) is 17.6 Å². The van der Waals surface area contributed by atoms with E-state index in [-0.39, 0.29) is 0 Å². The summed E-state index contributed by atoms with van der Waals surface area (Å²) in [7, 11) is 3.84. The Hall–Kier alpha value is -1.73. The van der Waals surface area contributed by atoms with Gasteiger partial charge >= 0.3 is 0 Å². The highest BCUT2D eigenvalue weighted by atomic mass is 16.5. The normalized spacial score (nSPS) is 13.7. The van der Waals surface area contributed by atoms with Crippen molar-refractivity contribution in [2.24, 2.45) is 0 Å². The summed E-state index contributed by atoms with van der Waals surface area (Å²) in [6, 6.07) is 8.24. The molecule has 20 heavy (non-hydrogen) atoms. The van der Waals surface area contributed by atoms with E-state index in [2.05, 4.69) is 6.07 Å². The van der Waals surface area contributed by atoms with Crippen molar-refractivity contribution in [2.45, 2.75) is 32.7 Å². The van der Waals surface area contributed by atoms with Gasteiger partial charge in [-0.25, -0.2) is 0 Å². The molecule has 0 spiro atoms. The number of hydrogen-bond acceptors (Lipinski definition) is 4. The van der Waals surface area contributed by atoms with Gasteiger partial charge in [-0.15, -0.1) is 0 Å². The Morgan fingerprint density at radius 1 is 1.15 bits per heavy atom. The van der Waals surface area contributed by atoms with Gasteiger partial charge in [0, 0.05) is 6.42 Å². The monoisotopic (exact) mass is 276 g/mol. The zero-order valence-electron chi connectivity index (χ0n) is 13.1. The lowest BCUT2D eigenvalue weighted by Gasteiger charge is -2.29. The molecule has 0 aliphatic heterocycles. The first kappa shape index (κ1) is 16.3. The van der Waals surface area contributed by atoms with E-state index in [1.165, 1.54) is 0 Å². The Bertz CT molecular complexity index is 480. The van der Waals surface area contributed by atoms with Gasteiger partial charge in [-0.05, 0) is 52.6 Å². The minimum absolute atomic E-state index is 0.531. The number of likely N-dealkylation sites (N-methyl/N-ethyl adjacent to an activating group) is 1. The van der Waals surface area contributed by atoms with E-state index < -0.39 is 5.54 Å². The fourth-order valence-electron chi connectivity index (χ4n) is 1.90. The number of nitrogens with zero attached hydrogens (tertiary/aromatic N) is 2. The zero-order chi connectivity index (χ0) is 15.2. The molecule has 0 amide bonds. The van der Waals surface area contributed by atoms with Gasteiger partial charge in [-0.2, -0.15) is 5.26 Å². The minimum atomic E-state index is -0.531. The summed E-state index contributed by atoms with van der Waals surface area (Å²) in [6.45, 7) is 7.02. The topological polar surface area (TPSA) is 45.5 Å². The average molecular weight is 276 g/mol. The number of benzene rings is 1. The lowest BCUT2D eigenvalue weighted by Crippen LogP contribution is -2.41. The van der Waals surface area contributed by atoms with Gasteiger partial charge in [-0.1, -0.05) is 6.07 Å². The number of hydrogen-bond donors (Lipinski definition) is 0. The van der Waals surface area contributed by atoms with Crippen LogP contribution in [0, 0.1) is 11.3 Å². The average Bonchev–Trinajstić information content (AvgIpc) is 2.42. The lowest BCUT2D eigenvalue weighted by atomic mass is 9.93. The molecule has 1 aromatic rings. The van der Waals surface area contributed by atoms with Gasteiger partial charge < -0.3 is 9.47 Å². The molecule has 1 aromatic carbocycles. The van der Waals surface area contributed by atoms with Crippen molar-refractivity contribution in [1.82, 2.24) is 4.90 Å². The number of rotatable bonds is 7. The maximum absolute atomic E-state index is 9.38. The second-order valence-electron chi connectivity index (χ2n) is 5.10. The molecule has 0 heterocycles. The smallest absolute Gasteiger partial charge is 0.161 e. The Morgan fingerprint density at radius 3 is 2.25 bits per heavy atom. The van der Waals surface area contributed by atoms with E-state index in [4.69, 9.17) is 9.47 Å². The first-order valence-electron chi connectivity index (χ1n) is 6.94. The van der Waals surface area contributed by atoms with Crippen molar-refractivity contribution in [3.63, 3.8) is 0 Å². The number of nitriles is 1. The molecule has 0 N–H and O–H groups in total. The third-order valence-corrected chi connectivity index (χ3v) is 3.38. The molecule has 110 valence electrons. The fraction of sp³-hybridized carbons (Fsp3) is 0.562. The molecule has 4 heteroatoms. The molecule has 0 saturated carbocycles. The molecular formula is C16H24N2O2. The summed E-state index contributed by atoms with van der Waals surface area (Å²) >= 11 is 0. The Labute approximate surface area is 121 Å². The highest BCUT2D eigenvalue weighted by Crippen LogP contribution is 2.30. The van der Waals surface area contributed by atoms with Gasteiger partial charge in [0.25, 0.3) is 0 Å². The van der Waals surface area contributed by atoms with E-state index in [9.17, 15) is 5.26 Å². The lowest BCUT2D eigenvalue weighted by molar-refractivity contribution is 0.236. The highest BCUT2D eigenvalue weighted by Gasteiger charge is 2.27. The molecule has 0 aliphatic rings. The summed E-state index contributed by atoms with van der Waals surface area (Å²) in [6.07, 6.45) is 0.642. The van der Waals surface area contributed by atoms with Gasteiger partial charge in [-0.3, -0.25) is 4.90 Å². The van der Waals surface area contributed by atoms with Crippen LogP contribution in [0.25, 0.3) is 0 Å². The van der Waals surface area contributed by atoms with Crippen LogP contribution in [0.1, 0.15) is 26.3 Å². The van der Waals surface area contributed by atoms with Gasteiger partial charge in [0.2, 0.25) is 0 Å². The predicted octanol–water partition coefficient (Wildman–Crippen LogP) is 2.87. The molecule has 0 radical (unpaired) electrons. The molecule has 0 saturated heterocycles. The van der Waals surface area contributed by atoms with Gasteiger partial charge in [0.05, 0.1) is 19.3 Å². The van der Waals surface area contributed by atoms with E-state index in [0.29, 0.717) is 19.6 Å². The van der Waals surface area contributed by atoms with Crippen molar-refractivity contribution >= 4 is 0 Å². The largest absolute Gasteiger partial charge is 0.490 e. The van der Waals surface area contributed by atoms with Crippen LogP contribution in [0.5, 0.6) is 11.5 Å². The maximum atomic E-state index is 9.38. The van der Waals surface area contributed by atoms with Crippen LogP contribution in [0.2, 0.25) is 0 Å². The Kier molecular flexibility index (Phi) is 5.84. The maximum Gasteiger partial charge on any atom is 0.161 e. The van der Waals surface area contributed by atoms with Crippen LogP contribution < -0.4 is 9.47 Å². The van der Waals surface area contributed by atoms with Crippen molar-refractivity contribution in [2.75, 3.05) is 27.3 Å². The van der Waals surface area contributed by atoms with E-state index >= 15 is 0 Å². The van der Waals surface area contributed by atoms with E-state index in [0.717, 1.165) is 17.1 Å². The Balaban J connectivity index is 3.03. The summed E-state index contributed by atoms with van der Waals surface area (Å²) in [5.74, 6) is 1.49. The number of ether oxygens (including phenoxy) is 2. The molecule has 0 fully saturated rings. The van der Waals surface area contributed by atoms with Gasteiger partial charge in [0.1, 0.15) is 5.54 Å². The molecule has 0 bridgehead atoms.